The van der Waals surface area contributed by atoms with Crippen LogP contribution >= 0.6 is 0 Å². The number of piperidine rings is 1. The minimum atomic E-state index is -0.140. The first kappa shape index (κ1) is 16.0. The van der Waals surface area contributed by atoms with E-state index in [2.05, 4.69) is 16.0 Å². The summed E-state index contributed by atoms with van der Waals surface area (Å²) in [6.07, 6.45) is 5.23. The minimum Gasteiger partial charge on any atom is -0.325 e. The lowest BCUT2D eigenvalue weighted by Crippen LogP contribution is -2.39. The molecule has 2 heterocycles. The molecule has 3 N–H and O–H groups in total. The van der Waals surface area contributed by atoms with Gasteiger partial charge in [-0.1, -0.05) is 6.07 Å². The Morgan fingerprint density at radius 2 is 1.83 bits per heavy atom. The molecule has 5 nitrogen and oxygen atoms in total. The first-order chi connectivity index (χ1) is 11.0. The fourth-order valence-electron chi connectivity index (χ4n) is 3.87. The molecule has 2 amide bonds. The van der Waals surface area contributed by atoms with Crippen LogP contribution in [-0.2, 0) is 9.59 Å². The SMILES string of the molecule is CC(=O)Nc1ccc(C)cc1NC(=O)CC1CC2CCC(C1)N2. The molecular weight excluding hydrogens is 290 g/mol. The first-order valence-corrected chi connectivity index (χ1v) is 8.43. The van der Waals surface area contributed by atoms with Crippen LogP contribution in [0.5, 0.6) is 0 Å². The largest absolute Gasteiger partial charge is 0.325 e. The third-order valence-electron chi connectivity index (χ3n) is 4.80. The van der Waals surface area contributed by atoms with Gasteiger partial charge in [0.25, 0.3) is 0 Å². The molecule has 0 aliphatic carbocycles. The highest BCUT2D eigenvalue weighted by molar-refractivity contribution is 5.99. The Hall–Kier alpha value is -1.88. The third-order valence-corrected chi connectivity index (χ3v) is 4.80. The van der Waals surface area contributed by atoms with Crippen molar-refractivity contribution in [3.05, 3.63) is 23.8 Å². The van der Waals surface area contributed by atoms with Gasteiger partial charge in [0.2, 0.25) is 11.8 Å². The molecule has 1 aromatic carbocycles. The van der Waals surface area contributed by atoms with Gasteiger partial charge in [-0.25, -0.2) is 0 Å². The molecule has 3 rings (SSSR count). The number of rotatable bonds is 4. The molecule has 2 bridgehead atoms. The van der Waals surface area contributed by atoms with Gasteiger partial charge >= 0.3 is 0 Å². The normalized spacial score (nSPS) is 25.9. The molecule has 2 aliphatic rings. The van der Waals surface area contributed by atoms with E-state index in [1.807, 2.05) is 25.1 Å². The number of fused-ring (bicyclic) bond motifs is 2. The van der Waals surface area contributed by atoms with Gasteiger partial charge in [0.15, 0.2) is 0 Å². The van der Waals surface area contributed by atoms with Crippen molar-refractivity contribution < 1.29 is 9.59 Å². The van der Waals surface area contributed by atoms with Crippen molar-refractivity contribution in [2.45, 2.75) is 58.0 Å². The van der Waals surface area contributed by atoms with Gasteiger partial charge in [-0.05, 0) is 56.2 Å². The number of hydrogen-bond acceptors (Lipinski definition) is 3. The number of anilines is 2. The van der Waals surface area contributed by atoms with Gasteiger partial charge in [0.1, 0.15) is 0 Å². The van der Waals surface area contributed by atoms with Crippen molar-refractivity contribution in [1.82, 2.24) is 5.32 Å². The van der Waals surface area contributed by atoms with Crippen molar-refractivity contribution in [2.24, 2.45) is 5.92 Å². The number of nitrogens with one attached hydrogen (secondary N) is 3. The summed E-state index contributed by atoms with van der Waals surface area (Å²) in [6.45, 7) is 3.44. The Morgan fingerprint density at radius 1 is 1.13 bits per heavy atom. The van der Waals surface area contributed by atoms with Crippen molar-refractivity contribution in [3.8, 4) is 0 Å². The monoisotopic (exact) mass is 315 g/mol. The molecule has 0 aromatic heterocycles. The van der Waals surface area contributed by atoms with E-state index in [-0.39, 0.29) is 11.8 Å². The number of carbonyl (C=O) groups excluding carboxylic acids is 2. The number of amides is 2. The minimum absolute atomic E-state index is 0.0357. The van der Waals surface area contributed by atoms with Crippen molar-refractivity contribution >= 4 is 23.2 Å². The van der Waals surface area contributed by atoms with Gasteiger partial charge < -0.3 is 16.0 Å². The zero-order chi connectivity index (χ0) is 16.4. The summed E-state index contributed by atoms with van der Waals surface area (Å²) in [4.78, 5) is 23.7. The van der Waals surface area contributed by atoms with E-state index in [1.54, 1.807) is 0 Å². The summed E-state index contributed by atoms with van der Waals surface area (Å²) >= 11 is 0. The molecule has 124 valence electrons. The van der Waals surface area contributed by atoms with Crippen LogP contribution < -0.4 is 16.0 Å². The molecule has 0 spiro atoms. The Morgan fingerprint density at radius 3 is 2.48 bits per heavy atom. The van der Waals surface area contributed by atoms with Crippen LogP contribution in [0.15, 0.2) is 18.2 Å². The maximum absolute atomic E-state index is 12.4. The highest BCUT2D eigenvalue weighted by atomic mass is 16.2. The topological polar surface area (TPSA) is 70.2 Å². The summed E-state index contributed by atoms with van der Waals surface area (Å²) in [6, 6.07) is 6.85. The zero-order valence-electron chi connectivity index (χ0n) is 13.8. The van der Waals surface area contributed by atoms with Crippen LogP contribution in [0, 0.1) is 12.8 Å². The van der Waals surface area contributed by atoms with Crippen LogP contribution in [-0.4, -0.2) is 23.9 Å². The van der Waals surface area contributed by atoms with E-state index < -0.39 is 0 Å². The first-order valence-electron chi connectivity index (χ1n) is 8.43. The molecule has 2 aliphatic heterocycles. The lowest BCUT2D eigenvalue weighted by Gasteiger charge is -2.28. The van der Waals surface area contributed by atoms with Gasteiger partial charge in [-0.15, -0.1) is 0 Å². The molecule has 2 saturated heterocycles. The second-order valence-corrected chi connectivity index (χ2v) is 6.96. The quantitative estimate of drug-likeness (QED) is 0.800. The standard InChI is InChI=1S/C18H25N3O2/c1-11-3-6-16(19-12(2)22)17(7-11)21-18(23)10-13-8-14-4-5-15(9-13)20-14/h3,6-7,13-15,20H,4-5,8-10H2,1-2H3,(H,19,22)(H,21,23). The smallest absolute Gasteiger partial charge is 0.224 e. The Labute approximate surface area is 137 Å². The lowest BCUT2D eigenvalue weighted by molar-refractivity contribution is -0.117. The maximum Gasteiger partial charge on any atom is 0.224 e. The number of hydrogen-bond donors (Lipinski definition) is 3. The Bertz CT molecular complexity index is 602. The predicted octanol–water partition coefficient (Wildman–Crippen LogP) is 2.81. The van der Waals surface area contributed by atoms with Gasteiger partial charge in [-0.2, -0.15) is 0 Å². The molecule has 2 fully saturated rings. The molecule has 23 heavy (non-hydrogen) atoms. The van der Waals surface area contributed by atoms with Crippen LogP contribution in [0.4, 0.5) is 11.4 Å². The van der Waals surface area contributed by atoms with E-state index in [1.165, 1.54) is 19.8 Å². The van der Waals surface area contributed by atoms with Crippen molar-refractivity contribution in [1.29, 1.82) is 0 Å². The van der Waals surface area contributed by atoms with Crippen molar-refractivity contribution in [2.75, 3.05) is 10.6 Å². The van der Waals surface area contributed by atoms with E-state index in [4.69, 9.17) is 0 Å². The van der Waals surface area contributed by atoms with E-state index in [9.17, 15) is 9.59 Å². The third kappa shape index (κ3) is 4.10. The summed E-state index contributed by atoms with van der Waals surface area (Å²) in [5.74, 6) is 0.357. The second kappa shape index (κ2) is 6.71. The van der Waals surface area contributed by atoms with Gasteiger partial charge in [0.05, 0.1) is 11.4 Å². The van der Waals surface area contributed by atoms with Crippen molar-refractivity contribution in [3.63, 3.8) is 0 Å². The highest BCUT2D eigenvalue weighted by Crippen LogP contribution is 2.33. The van der Waals surface area contributed by atoms with E-state index in [0.29, 0.717) is 35.8 Å². The molecule has 2 unspecified atom stereocenters. The summed E-state index contributed by atoms with van der Waals surface area (Å²) < 4.78 is 0. The molecule has 0 saturated carbocycles. The van der Waals surface area contributed by atoms with Crippen LogP contribution in [0.3, 0.4) is 0 Å². The highest BCUT2D eigenvalue weighted by Gasteiger charge is 2.34. The van der Waals surface area contributed by atoms with E-state index in [0.717, 1.165) is 18.4 Å². The average Bonchev–Trinajstić information content (AvgIpc) is 2.80. The number of aryl methyl sites for hydroxylation is 1. The fraction of sp³-hybridized carbons (Fsp3) is 0.556. The summed E-state index contributed by atoms with van der Waals surface area (Å²) in [5, 5.41) is 9.35. The Kier molecular flexibility index (Phi) is 4.66. The van der Waals surface area contributed by atoms with Crippen LogP contribution in [0.2, 0.25) is 0 Å². The Balaban J connectivity index is 1.63. The van der Waals surface area contributed by atoms with Gasteiger partial charge in [0, 0.05) is 25.4 Å². The van der Waals surface area contributed by atoms with Crippen LogP contribution in [0.1, 0.15) is 44.6 Å². The molecule has 5 heteroatoms. The molecule has 2 atom stereocenters. The van der Waals surface area contributed by atoms with E-state index >= 15 is 0 Å². The lowest BCUT2D eigenvalue weighted by atomic mass is 9.89. The summed E-state index contributed by atoms with van der Waals surface area (Å²) in [7, 11) is 0. The molecule has 0 radical (unpaired) electrons. The number of carbonyl (C=O) groups is 2. The summed E-state index contributed by atoms with van der Waals surface area (Å²) in [5.41, 5.74) is 2.39. The maximum atomic E-state index is 12.4. The van der Waals surface area contributed by atoms with Crippen LogP contribution in [0.25, 0.3) is 0 Å². The zero-order valence-corrected chi connectivity index (χ0v) is 13.8. The fourth-order valence-corrected chi connectivity index (χ4v) is 3.87. The predicted molar refractivity (Wildman–Crippen MR) is 91.4 cm³/mol. The number of benzene rings is 1. The second-order valence-electron chi connectivity index (χ2n) is 6.96. The molecular formula is C18H25N3O2. The van der Waals surface area contributed by atoms with Gasteiger partial charge in [-0.3, -0.25) is 9.59 Å². The average molecular weight is 315 g/mol. The molecule has 1 aromatic rings.